The molecule has 0 unspecified atom stereocenters. The van der Waals surface area contributed by atoms with Gasteiger partial charge in [0.1, 0.15) is 0 Å². The van der Waals surface area contributed by atoms with Gasteiger partial charge in [-0.25, -0.2) is 0 Å². The van der Waals surface area contributed by atoms with Gasteiger partial charge in [0.2, 0.25) is 0 Å². The van der Waals surface area contributed by atoms with Crippen LogP contribution < -0.4 is 0 Å². The first kappa shape index (κ1) is 15.7. The summed E-state index contributed by atoms with van der Waals surface area (Å²) in [6.07, 6.45) is 0.880. The van der Waals surface area contributed by atoms with Gasteiger partial charge in [0.25, 0.3) is 0 Å². The van der Waals surface area contributed by atoms with Crippen molar-refractivity contribution in [2.75, 3.05) is 0 Å². The molecule has 3 aromatic carbocycles. The molecule has 0 fully saturated rings. The molecule has 2 nitrogen and oxygen atoms in total. The fraction of sp³-hybridized carbons (Fsp3) is 0.0455. The van der Waals surface area contributed by atoms with Crippen LogP contribution in [0.1, 0.15) is 15.9 Å². The Bertz CT molecular complexity index is 1060. The molecular formula is C22H16ClNO. The lowest BCUT2D eigenvalue weighted by atomic mass is 10.0. The molecule has 0 saturated carbocycles. The molecule has 4 aromatic rings. The van der Waals surface area contributed by atoms with E-state index < -0.39 is 0 Å². The van der Waals surface area contributed by atoms with Crippen LogP contribution in [0.4, 0.5) is 0 Å². The average Bonchev–Trinajstić information content (AvgIpc) is 3.06. The lowest BCUT2D eigenvalue weighted by Gasteiger charge is -2.04. The number of aldehydes is 1. The van der Waals surface area contributed by atoms with E-state index >= 15 is 0 Å². The number of benzene rings is 3. The molecule has 1 N–H and O–H groups in total. The lowest BCUT2D eigenvalue weighted by molar-refractivity contribution is 0.112. The van der Waals surface area contributed by atoms with Crippen LogP contribution in [0.2, 0.25) is 5.02 Å². The molecule has 0 atom stereocenters. The Hall–Kier alpha value is -2.84. The van der Waals surface area contributed by atoms with Crippen LogP contribution >= 0.6 is 11.6 Å². The summed E-state index contributed by atoms with van der Waals surface area (Å²) >= 11 is 6.34. The molecular weight excluding hydrogens is 330 g/mol. The molecule has 1 heterocycles. The predicted octanol–water partition coefficient (Wildman–Crippen LogP) is 6.28. The van der Waals surface area contributed by atoms with E-state index in [4.69, 9.17) is 11.6 Å². The summed E-state index contributed by atoms with van der Waals surface area (Å²) in [6.45, 7) is 2.01. The Morgan fingerprint density at radius 1 is 0.840 bits per heavy atom. The van der Waals surface area contributed by atoms with Crippen molar-refractivity contribution >= 4 is 28.8 Å². The number of aryl methyl sites for hydroxylation is 1. The first-order valence-electron chi connectivity index (χ1n) is 8.11. The zero-order valence-corrected chi connectivity index (χ0v) is 14.5. The maximum atomic E-state index is 11.7. The fourth-order valence-electron chi connectivity index (χ4n) is 3.23. The monoisotopic (exact) mass is 345 g/mol. The van der Waals surface area contributed by atoms with E-state index in [2.05, 4.69) is 29.2 Å². The molecule has 3 heteroatoms. The first-order chi connectivity index (χ1) is 12.2. The Balaban J connectivity index is 1.86. The normalized spacial score (nSPS) is 11.0. The van der Waals surface area contributed by atoms with E-state index in [0.29, 0.717) is 10.6 Å². The van der Waals surface area contributed by atoms with Gasteiger partial charge < -0.3 is 4.98 Å². The topological polar surface area (TPSA) is 32.9 Å². The van der Waals surface area contributed by atoms with Gasteiger partial charge in [-0.05, 0) is 35.2 Å². The van der Waals surface area contributed by atoms with Crippen LogP contribution in [0.25, 0.3) is 33.3 Å². The second kappa shape index (κ2) is 6.23. The van der Waals surface area contributed by atoms with Crippen molar-refractivity contribution in [1.82, 2.24) is 4.98 Å². The third-order valence-corrected chi connectivity index (χ3v) is 4.87. The number of hydrogen-bond donors (Lipinski definition) is 1. The van der Waals surface area contributed by atoms with Crippen LogP contribution in [0.3, 0.4) is 0 Å². The number of halogens is 1. The molecule has 0 radical (unpaired) electrons. The molecule has 0 aliphatic rings. The maximum absolute atomic E-state index is 11.7. The van der Waals surface area contributed by atoms with Crippen molar-refractivity contribution in [2.24, 2.45) is 0 Å². The summed E-state index contributed by atoms with van der Waals surface area (Å²) in [6, 6.07) is 22.2. The van der Waals surface area contributed by atoms with Gasteiger partial charge in [0.15, 0.2) is 6.29 Å². The van der Waals surface area contributed by atoms with Crippen LogP contribution in [0.5, 0.6) is 0 Å². The first-order valence-corrected chi connectivity index (χ1v) is 8.48. The minimum atomic E-state index is 0.589. The zero-order valence-electron chi connectivity index (χ0n) is 13.7. The van der Waals surface area contributed by atoms with Crippen LogP contribution in [0, 0.1) is 6.92 Å². The molecule has 0 bridgehead atoms. The molecule has 0 spiro atoms. The molecule has 0 saturated heterocycles. The molecule has 1 aromatic heterocycles. The molecule has 25 heavy (non-hydrogen) atoms. The Morgan fingerprint density at radius 3 is 2.16 bits per heavy atom. The van der Waals surface area contributed by atoms with E-state index in [1.54, 1.807) is 0 Å². The van der Waals surface area contributed by atoms with Crippen molar-refractivity contribution in [3.8, 4) is 22.4 Å². The van der Waals surface area contributed by atoms with Gasteiger partial charge >= 0.3 is 0 Å². The summed E-state index contributed by atoms with van der Waals surface area (Å²) in [7, 11) is 0. The maximum Gasteiger partial charge on any atom is 0.152 e. The van der Waals surface area contributed by atoms with Crippen molar-refractivity contribution in [3.05, 3.63) is 82.9 Å². The van der Waals surface area contributed by atoms with Crippen molar-refractivity contribution in [3.63, 3.8) is 0 Å². The van der Waals surface area contributed by atoms with Crippen molar-refractivity contribution < 1.29 is 4.79 Å². The molecule has 4 rings (SSSR count). The lowest BCUT2D eigenvalue weighted by Crippen LogP contribution is -1.85. The zero-order chi connectivity index (χ0) is 17.4. The number of fused-ring (bicyclic) bond motifs is 1. The predicted molar refractivity (Wildman–Crippen MR) is 104 cm³/mol. The summed E-state index contributed by atoms with van der Waals surface area (Å²) in [4.78, 5) is 15.1. The van der Waals surface area contributed by atoms with Crippen molar-refractivity contribution in [1.29, 1.82) is 0 Å². The van der Waals surface area contributed by atoms with E-state index in [9.17, 15) is 4.79 Å². The number of carbonyl (C=O) groups is 1. The van der Waals surface area contributed by atoms with E-state index in [1.165, 1.54) is 5.56 Å². The number of aromatic nitrogens is 1. The van der Waals surface area contributed by atoms with E-state index in [-0.39, 0.29) is 0 Å². The van der Waals surface area contributed by atoms with Gasteiger partial charge in [-0.2, -0.15) is 0 Å². The molecule has 0 aliphatic heterocycles. The third-order valence-electron chi connectivity index (χ3n) is 4.55. The number of rotatable bonds is 3. The van der Waals surface area contributed by atoms with Crippen molar-refractivity contribution in [2.45, 2.75) is 6.92 Å². The molecule has 122 valence electrons. The average molecular weight is 346 g/mol. The minimum Gasteiger partial charge on any atom is -0.354 e. The quantitative estimate of drug-likeness (QED) is 0.436. The summed E-state index contributed by atoms with van der Waals surface area (Å²) < 4.78 is 0. The van der Waals surface area contributed by atoms with Gasteiger partial charge in [-0.1, -0.05) is 72.3 Å². The highest BCUT2D eigenvalue weighted by Crippen LogP contribution is 2.35. The highest BCUT2D eigenvalue weighted by molar-refractivity contribution is 6.37. The highest BCUT2D eigenvalue weighted by atomic mass is 35.5. The summed E-state index contributed by atoms with van der Waals surface area (Å²) in [5, 5.41) is 1.38. The van der Waals surface area contributed by atoms with Gasteiger partial charge in [-0.15, -0.1) is 0 Å². The van der Waals surface area contributed by atoms with Crippen LogP contribution in [0.15, 0.2) is 66.7 Å². The number of aromatic amines is 1. The smallest absolute Gasteiger partial charge is 0.152 e. The Labute approximate surface area is 151 Å². The van der Waals surface area contributed by atoms with Gasteiger partial charge in [-0.3, -0.25) is 4.79 Å². The SMILES string of the molecule is Cc1ccc(Cl)c2c(C=O)c(-c3ccc(-c4ccccc4)cc3)[nH]c12. The number of nitrogens with one attached hydrogen (secondary N) is 1. The van der Waals surface area contributed by atoms with Gasteiger partial charge in [0.05, 0.1) is 16.2 Å². The number of H-pyrrole nitrogens is 1. The number of carbonyl (C=O) groups excluding carboxylic acids is 1. The summed E-state index contributed by atoms with van der Waals surface area (Å²) in [5.41, 5.74) is 6.67. The summed E-state index contributed by atoms with van der Waals surface area (Å²) in [5.74, 6) is 0. The minimum absolute atomic E-state index is 0.589. The second-order valence-corrected chi connectivity index (χ2v) is 6.50. The highest BCUT2D eigenvalue weighted by Gasteiger charge is 2.16. The van der Waals surface area contributed by atoms with Gasteiger partial charge in [0, 0.05) is 10.9 Å². The van der Waals surface area contributed by atoms with E-state index in [0.717, 1.165) is 39.6 Å². The molecule has 0 aliphatic carbocycles. The van der Waals surface area contributed by atoms with Crippen LogP contribution in [-0.4, -0.2) is 11.3 Å². The largest absolute Gasteiger partial charge is 0.354 e. The van der Waals surface area contributed by atoms with E-state index in [1.807, 2.05) is 49.4 Å². The molecule has 0 amide bonds. The Morgan fingerprint density at radius 2 is 1.48 bits per heavy atom. The third kappa shape index (κ3) is 2.65. The Kier molecular flexibility index (Phi) is 3.90. The standard InChI is InChI=1S/C22H16ClNO/c1-14-7-12-19(23)20-18(13-25)22(24-21(14)20)17-10-8-16(9-11-17)15-5-3-2-4-6-15/h2-13,24H,1H3. The second-order valence-electron chi connectivity index (χ2n) is 6.09. The number of hydrogen-bond acceptors (Lipinski definition) is 1. The fourth-order valence-corrected chi connectivity index (χ4v) is 3.49. The van der Waals surface area contributed by atoms with Crippen LogP contribution in [-0.2, 0) is 0 Å².